The van der Waals surface area contributed by atoms with E-state index < -0.39 is 0 Å². The average Bonchev–Trinajstić information content (AvgIpc) is 2.91. The van der Waals surface area contributed by atoms with Crippen molar-refractivity contribution in [2.75, 3.05) is 7.05 Å². The summed E-state index contributed by atoms with van der Waals surface area (Å²) in [6.45, 7) is 6.36. The summed E-state index contributed by atoms with van der Waals surface area (Å²) in [5.41, 5.74) is 2.47. The molecule has 4 nitrogen and oxygen atoms in total. The number of nitrogens with zero attached hydrogens (tertiary/aromatic N) is 2. The maximum absolute atomic E-state index is 5.41. The zero-order valence-electron chi connectivity index (χ0n) is 12.7. The van der Waals surface area contributed by atoms with Gasteiger partial charge in [-0.3, -0.25) is 0 Å². The van der Waals surface area contributed by atoms with Crippen molar-refractivity contribution in [1.29, 1.82) is 0 Å². The molecular formula is C16H23N3O. The van der Waals surface area contributed by atoms with Gasteiger partial charge in [0.2, 0.25) is 5.89 Å². The summed E-state index contributed by atoms with van der Waals surface area (Å²) in [5.74, 6) is 1.69. The quantitative estimate of drug-likeness (QED) is 0.878. The van der Waals surface area contributed by atoms with Crippen molar-refractivity contribution in [2.24, 2.45) is 0 Å². The van der Waals surface area contributed by atoms with Crippen LogP contribution in [0.5, 0.6) is 0 Å². The molecule has 0 fully saturated rings. The van der Waals surface area contributed by atoms with E-state index in [0.717, 1.165) is 12.2 Å². The normalized spacial score (nSPS) is 14.2. The standard InChI is InChI=1S/C16H23N3O/c1-5-14(17-4)12(3)16-18-15(19-20-16)10-13-8-6-11(2)7-9-13/h6-9,12,14,17H,5,10H2,1-4H3. The third-order valence-electron chi connectivity index (χ3n) is 3.77. The van der Waals surface area contributed by atoms with Crippen LogP contribution < -0.4 is 5.32 Å². The Morgan fingerprint density at radius 2 is 1.95 bits per heavy atom. The fourth-order valence-corrected chi connectivity index (χ4v) is 2.39. The molecule has 0 aliphatic heterocycles. The SMILES string of the molecule is CCC(NC)C(C)c1nc(Cc2ccc(C)cc2)no1. The molecule has 108 valence electrons. The van der Waals surface area contributed by atoms with Crippen LogP contribution >= 0.6 is 0 Å². The molecule has 0 saturated heterocycles. The number of rotatable bonds is 6. The first-order valence-corrected chi connectivity index (χ1v) is 7.19. The fourth-order valence-electron chi connectivity index (χ4n) is 2.39. The van der Waals surface area contributed by atoms with E-state index in [2.05, 4.69) is 60.5 Å². The van der Waals surface area contributed by atoms with Crippen LogP contribution in [0.2, 0.25) is 0 Å². The van der Waals surface area contributed by atoms with Crippen molar-refractivity contribution in [3.05, 3.63) is 47.1 Å². The number of aryl methyl sites for hydroxylation is 1. The highest BCUT2D eigenvalue weighted by atomic mass is 16.5. The first kappa shape index (κ1) is 14.7. The monoisotopic (exact) mass is 273 g/mol. The van der Waals surface area contributed by atoms with Crippen LogP contribution in [0.4, 0.5) is 0 Å². The van der Waals surface area contributed by atoms with Crippen molar-refractivity contribution < 1.29 is 4.52 Å². The van der Waals surface area contributed by atoms with Crippen LogP contribution in [0, 0.1) is 6.92 Å². The van der Waals surface area contributed by atoms with Gasteiger partial charge < -0.3 is 9.84 Å². The lowest BCUT2D eigenvalue weighted by Crippen LogP contribution is -2.30. The summed E-state index contributed by atoms with van der Waals surface area (Å²) in [4.78, 5) is 4.53. The van der Waals surface area contributed by atoms with Gasteiger partial charge in [0.15, 0.2) is 5.82 Å². The number of hydrogen-bond acceptors (Lipinski definition) is 4. The van der Waals surface area contributed by atoms with Crippen LogP contribution in [0.25, 0.3) is 0 Å². The smallest absolute Gasteiger partial charge is 0.231 e. The number of hydrogen-bond donors (Lipinski definition) is 1. The van der Waals surface area contributed by atoms with E-state index in [1.807, 2.05) is 7.05 Å². The van der Waals surface area contributed by atoms with Crippen molar-refractivity contribution >= 4 is 0 Å². The molecule has 0 amide bonds. The number of nitrogens with one attached hydrogen (secondary N) is 1. The van der Waals surface area contributed by atoms with Gasteiger partial charge in [-0.2, -0.15) is 4.98 Å². The highest BCUT2D eigenvalue weighted by Gasteiger charge is 2.21. The lowest BCUT2D eigenvalue weighted by molar-refractivity contribution is 0.324. The Balaban J connectivity index is 2.07. The molecule has 4 heteroatoms. The Morgan fingerprint density at radius 3 is 2.55 bits per heavy atom. The Morgan fingerprint density at radius 1 is 1.25 bits per heavy atom. The molecular weight excluding hydrogens is 250 g/mol. The molecule has 20 heavy (non-hydrogen) atoms. The molecule has 2 rings (SSSR count). The lowest BCUT2D eigenvalue weighted by atomic mass is 10.00. The molecule has 0 aliphatic carbocycles. The van der Waals surface area contributed by atoms with E-state index in [-0.39, 0.29) is 5.92 Å². The van der Waals surface area contributed by atoms with E-state index >= 15 is 0 Å². The highest BCUT2D eigenvalue weighted by Crippen LogP contribution is 2.20. The first-order valence-electron chi connectivity index (χ1n) is 7.19. The molecule has 2 atom stereocenters. The maximum Gasteiger partial charge on any atom is 0.231 e. The Hall–Kier alpha value is -1.68. The molecule has 0 saturated carbocycles. The van der Waals surface area contributed by atoms with Gasteiger partial charge in [-0.15, -0.1) is 0 Å². The van der Waals surface area contributed by atoms with E-state index in [1.165, 1.54) is 11.1 Å². The van der Waals surface area contributed by atoms with Gasteiger partial charge in [0.05, 0.1) is 5.92 Å². The summed E-state index contributed by atoms with van der Waals surface area (Å²) in [5, 5.41) is 7.38. The minimum atomic E-state index is 0.226. The molecule has 2 unspecified atom stereocenters. The lowest BCUT2D eigenvalue weighted by Gasteiger charge is -2.18. The first-order chi connectivity index (χ1) is 9.63. The Labute approximate surface area is 120 Å². The summed E-state index contributed by atoms with van der Waals surface area (Å²) in [6, 6.07) is 8.79. The largest absolute Gasteiger partial charge is 0.339 e. The van der Waals surface area contributed by atoms with Gasteiger partial charge in [0, 0.05) is 12.5 Å². The third kappa shape index (κ3) is 3.45. The van der Waals surface area contributed by atoms with Crippen LogP contribution in [0.3, 0.4) is 0 Å². The molecule has 1 heterocycles. The zero-order chi connectivity index (χ0) is 14.5. The van der Waals surface area contributed by atoms with Gasteiger partial charge in [0.1, 0.15) is 0 Å². The topological polar surface area (TPSA) is 51.0 Å². The van der Waals surface area contributed by atoms with Crippen LogP contribution in [0.1, 0.15) is 49.0 Å². The summed E-state index contributed by atoms with van der Waals surface area (Å²) < 4.78 is 5.41. The minimum absolute atomic E-state index is 0.226. The predicted molar refractivity (Wildman–Crippen MR) is 79.8 cm³/mol. The second-order valence-electron chi connectivity index (χ2n) is 5.30. The number of benzene rings is 1. The fraction of sp³-hybridized carbons (Fsp3) is 0.500. The molecule has 0 aliphatic rings. The average molecular weight is 273 g/mol. The maximum atomic E-state index is 5.41. The Bertz CT molecular complexity index is 529. The third-order valence-corrected chi connectivity index (χ3v) is 3.77. The van der Waals surface area contributed by atoms with Gasteiger partial charge in [-0.1, -0.05) is 48.8 Å². The summed E-state index contributed by atoms with van der Waals surface area (Å²) in [6.07, 6.45) is 1.75. The Kier molecular flexibility index (Phi) is 4.90. The minimum Gasteiger partial charge on any atom is -0.339 e. The van der Waals surface area contributed by atoms with E-state index in [4.69, 9.17) is 4.52 Å². The van der Waals surface area contributed by atoms with Gasteiger partial charge in [-0.05, 0) is 26.0 Å². The van der Waals surface area contributed by atoms with Gasteiger partial charge >= 0.3 is 0 Å². The molecule has 0 radical (unpaired) electrons. The van der Waals surface area contributed by atoms with Crippen LogP contribution in [-0.2, 0) is 6.42 Å². The summed E-state index contributed by atoms with van der Waals surface area (Å²) >= 11 is 0. The second kappa shape index (κ2) is 6.66. The van der Waals surface area contributed by atoms with Crippen molar-refractivity contribution in [2.45, 2.75) is 45.6 Å². The zero-order valence-corrected chi connectivity index (χ0v) is 12.7. The van der Waals surface area contributed by atoms with E-state index in [0.29, 0.717) is 18.4 Å². The molecule has 0 spiro atoms. The van der Waals surface area contributed by atoms with Crippen LogP contribution in [-0.4, -0.2) is 23.2 Å². The van der Waals surface area contributed by atoms with Gasteiger partial charge in [0.25, 0.3) is 0 Å². The second-order valence-corrected chi connectivity index (χ2v) is 5.30. The molecule has 2 aromatic rings. The van der Waals surface area contributed by atoms with Crippen molar-refractivity contribution in [1.82, 2.24) is 15.5 Å². The number of aromatic nitrogens is 2. The van der Waals surface area contributed by atoms with Crippen molar-refractivity contribution in [3.8, 4) is 0 Å². The highest BCUT2D eigenvalue weighted by molar-refractivity contribution is 5.23. The molecule has 1 N–H and O–H groups in total. The molecule has 0 bridgehead atoms. The van der Waals surface area contributed by atoms with E-state index in [9.17, 15) is 0 Å². The summed E-state index contributed by atoms with van der Waals surface area (Å²) in [7, 11) is 1.97. The molecule has 1 aromatic heterocycles. The number of likely N-dealkylation sites (N-methyl/N-ethyl adjacent to an activating group) is 1. The molecule has 1 aromatic carbocycles. The van der Waals surface area contributed by atoms with E-state index in [1.54, 1.807) is 0 Å². The predicted octanol–water partition coefficient (Wildman–Crippen LogP) is 3.07. The van der Waals surface area contributed by atoms with Crippen molar-refractivity contribution in [3.63, 3.8) is 0 Å². The van der Waals surface area contributed by atoms with Crippen LogP contribution in [0.15, 0.2) is 28.8 Å². The van der Waals surface area contributed by atoms with Gasteiger partial charge in [-0.25, -0.2) is 0 Å².